The maximum Gasteiger partial charge on any atom is 0.327 e. The number of carbonyl (C=O) groups is 1. The van der Waals surface area contributed by atoms with Gasteiger partial charge in [-0.15, -0.1) is 0 Å². The SMILES string of the molecule is CCOC(=O)C(NCCN=[N+]=[N-])c1ccc(F)c(Cl)c1. The molecule has 1 atom stereocenters. The number of carbonyl (C=O) groups excluding carboxylic acids is 1. The molecule has 0 radical (unpaired) electrons. The van der Waals surface area contributed by atoms with Gasteiger partial charge in [-0.25, -0.2) is 9.18 Å². The summed E-state index contributed by atoms with van der Waals surface area (Å²) in [6.45, 7) is 2.37. The molecule has 1 aromatic rings. The van der Waals surface area contributed by atoms with Gasteiger partial charge < -0.3 is 10.1 Å². The second-order valence-electron chi connectivity index (χ2n) is 3.77. The smallest absolute Gasteiger partial charge is 0.327 e. The van der Waals surface area contributed by atoms with Crippen molar-refractivity contribution in [2.45, 2.75) is 13.0 Å². The minimum atomic E-state index is -0.790. The van der Waals surface area contributed by atoms with Gasteiger partial charge in [0, 0.05) is 18.0 Å². The third-order valence-electron chi connectivity index (χ3n) is 2.42. The van der Waals surface area contributed by atoms with Crippen LogP contribution in [-0.4, -0.2) is 25.7 Å². The van der Waals surface area contributed by atoms with Crippen LogP contribution in [-0.2, 0) is 9.53 Å². The van der Waals surface area contributed by atoms with E-state index in [1.54, 1.807) is 6.92 Å². The molecule has 20 heavy (non-hydrogen) atoms. The van der Waals surface area contributed by atoms with Gasteiger partial charge in [0.25, 0.3) is 0 Å². The average Bonchev–Trinajstić information content (AvgIpc) is 2.42. The molecule has 1 rings (SSSR count). The number of hydrogen-bond acceptors (Lipinski definition) is 4. The van der Waals surface area contributed by atoms with Crippen molar-refractivity contribution >= 4 is 17.6 Å². The third-order valence-corrected chi connectivity index (χ3v) is 2.71. The highest BCUT2D eigenvalue weighted by Crippen LogP contribution is 2.21. The van der Waals surface area contributed by atoms with Crippen LogP contribution < -0.4 is 5.32 Å². The molecule has 6 nitrogen and oxygen atoms in total. The fourth-order valence-corrected chi connectivity index (χ4v) is 1.75. The summed E-state index contributed by atoms with van der Waals surface area (Å²) in [5, 5.41) is 6.16. The van der Waals surface area contributed by atoms with Crippen LogP contribution in [0.2, 0.25) is 5.02 Å². The zero-order valence-corrected chi connectivity index (χ0v) is 11.6. The van der Waals surface area contributed by atoms with Gasteiger partial charge in [0.2, 0.25) is 0 Å². The van der Waals surface area contributed by atoms with Gasteiger partial charge in [0.1, 0.15) is 11.9 Å². The van der Waals surface area contributed by atoms with Crippen LogP contribution in [0.15, 0.2) is 23.3 Å². The fraction of sp³-hybridized carbons (Fsp3) is 0.417. The van der Waals surface area contributed by atoms with Gasteiger partial charge in [-0.1, -0.05) is 22.8 Å². The van der Waals surface area contributed by atoms with E-state index in [1.807, 2.05) is 0 Å². The van der Waals surface area contributed by atoms with Crippen molar-refractivity contribution in [3.8, 4) is 0 Å². The van der Waals surface area contributed by atoms with Gasteiger partial charge >= 0.3 is 5.97 Å². The molecule has 0 fully saturated rings. The molecule has 1 unspecified atom stereocenters. The lowest BCUT2D eigenvalue weighted by Crippen LogP contribution is -2.32. The molecule has 108 valence electrons. The van der Waals surface area contributed by atoms with Crippen molar-refractivity contribution in [1.82, 2.24) is 5.32 Å². The summed E-state index contributed by atoms with van der Waals surface area (Å²) >= 11 is 5.70. The molecule has 0 aromatic heterocycles. The largest absolute Gasteiger partial charge is 0.465 e. The number of rotatable bonds is 7. The minimum Gasteiger partial charge on any atom is -0.465 e. The highest BCUT2D eigenvalue weighted by Gasteiger charge is 2.22. The van der Waals surface area contributed by atoms with E-state index < -0.39 is 17.8 Å². The Bertz CT molecular complexity index is 520. The number of azide groups is 1. The first kappa shape index (κ1) is 16.2. The standard InChI is InChI=1S/C12H14ClFN4O2/c1-2-20-12(19)11(16-5-6-17-18-15)8-3-4-10(14)9(13)7-8/h3-4,7,11,16H,2,5-6H2,1H3. The Hall–Kier alpha value is -1.82. The lowest BCUT2D eigenvalue weighted by Gasteiger charge is -2.17. The number of halogens is 2. The molecule has 0 amide bonds. The van der Waals surface area contributed by atoms with Gasteiger partial charge in [-0.3, -0.25) is 0 Å². The van der Waals surface area contributed by atoms with Crippen LogP contribution >= 0.6 is 11.6 Å². The van der Waals surface area contributed by atoms with Gasteiger partial charge in [0.15, 0.2) is 0 Å². The number of benzene rings is 1. The van der Waals surface area contributed by atoms with Gasteiger partial charge in [-0.05, 0) is 30.2 Å². The molecule has 0 bridgehead atoms. The van der Waals surface area contributed by atoms with E-state index in [0.717, 1.165) is 0 Å². The summed E-state index contributed by atoms with van der Waals surface area (Å²) in [6, 6.07) is 3.20. The van der Waals surface area contributed by atoms with E-state index in [1.165, 1.54) is 18.2 Å². The molecule has 0 aliphatic rings. The maximum absolute atomic E-state index is 13.1. The molecule has 0 saturated heterocycles. The number of nitrogens with zero attached hydrogens (tertiary/aromatic N) is 3. The Morgan fingerprint density at radius 1 is 1.65 bits per heavy atom. The number of ether oxygens (including phenoxy) is 1. The first-order valence-electron chi connectivity index (χ1n) is 5.96. The van der Waals surface area contributed by atoms with Crippen LogP contribution in [0.4, 0.5) is 4.39 Å². The van der Waals surface area contributed by atoms with Crippen molar-refractivity contribution in [1.29, 1.82) is 0 Å². The Balaban J connectivity index is 2.87. The predicted octanol–water partition coefficient (Wildman–Crippen LogP) is 2.98. The molecule has 1 N–H and O–H groups in total. The van der Waals surface area contributed by atoms with Gasteiger partial charge in [-0.2, -0.15) is 0 Å². The average molecular weight is 301 g/mol. The molecule has 8 heteroatoms. The summed E-state index contributed by atoms with van der Waals surface area (Å²) in [5.74, 6) is -1.07. The monoisotopic (exact) mass is 300 g/mol. The molecule has 0 spiro atoms. The van der Waals surface area contributed by atoms with E-state index in [4.69, 9.17) is 21.9 Å². The van der Waals surface area contributed by atoms with Crippen LogP contribution in [0.1, 0.15) is 18.5 Å². The number of nitrogens with one attached hydrogen (secondary N) is 1. The fourth-order valence-electron chi connectivity index (χ4n) is 1.56. The molecular weight excluding hydrogens is 287 g/mol. The van der Waals surface area contributed by atoms with Crippen molar-refractivity contribution < 1.29 is 13.9 Å². The van der Waals surface area contributed by atoms with Crippen LogP contribution in [0.5, 0.6) is 0 Å². The Kier molecular flexibility index (Phi) is 6.79. The van der Waals surface area contributed by atoms with E-state index in [-0.39, 0.29) is 24.7 Å². The quantitative estimate of drug-likeness (QED) is 0.276. The summed E-state index contributed by atoms with van der Waals surface area (Å²) in [6.07, 6.45) is 0. The predicted molar refractivity (Wildman–Crippen MR) is 72.8 cm³/mol. The topological polar surface area (TPSA) is 87.1 Å². The Labute approximate surface area is 120 Å². The molecule has 1 aromatic carbocycles. The third kappa shape index (κ3) is 4.70. The normalized spacial score (nSPS) is 11.6. The van der Waals surface area contributed by atoms with Crippen molar-refractivity contribution in [3.05, 3.63) is 45.0 Å². The summed E-state index contributed by atoms with van der Waals surface area (Å²) in [4.78, 5) is 14.5. The van der Waals surface area contributed by atoms with Crippen molar-refractivity contribution in [3.63, 3.8) is 0 Å². The molecule has 0 heterocycles. The van der Waals surface area contributed by atoms with E-state index in [0.29, 0.717) is 5.56 Å². The summed E-state index contributed by atoms with van der Waals surface area (Å²) < 4.78 is 18.1. The van der Waals surface area contributed by atoms with E-state index in [2.05, 4.69) is 15.3 Å². The molecule has 0 aliphatic heterocycles. The summed E-state index contributed by atoms with van der Waals surface area (Å²) in [5.41, 5.74) is 8.67. The second kappa shape index (κ2) is 8.37. The van der Waals surface area contributed by atoms with Gasteiger partial charge in [0.05, 0.1) is 11.6 Å². The van der Waals surface area contributed by atoms with Crippen LogP contribution in [0, 0.1) is 5.82 Å². The molecule has 0 aliphatic carbocycles. The molecular formula is C12H14ClFN4O2. The molecule has 0 saturated carbocycles. The number of hydrogen-bond donors (Lipinski definition) is 1. The van der Waals surface area contributed by atoms with Crippen LogP contribution in [0.25, 0.3) is 10.4 Å². The van der Waals surface area contributed by atoms with Crippen molar-refractivity contribution in [2.24, 2.45) is 5.11 Å². The minimum absolute atomic E-state index is 0.0753. The zero-order valence-electron chi connectivity index (χ0n) is 10.8. The first-order valence-corrected chi connectivity index (χ1v) is 6.33. The number of esters is 1. The Morgan fingerprint density at radius 3 is 3.00 bits per heavy atom. The summed E-state index contributed by atoms with van der Waals surface area (Å²) in [7, 11) is 0. The second-order valence-corrected chi connectivity index (χ2v) is 4.17. The van der Waals surface area contributed by atoms with Crippen LogP contribution in [0.3, 0.4) is 0 Å². The highest BCUT2D eigenvalue weighted by atomic mass is 35.5. The maximum atomic E-state index is 13.1. The lowest BCUT2D eigenvalue weighted by molar-refractivity contribution is -0.145. The Morgan fingerprint density at radius 2 is 2.40 bits per heavy atom. The zero-order chi connectivity index (χ0) is 15.0. The van der Waals surface area contributed by atoms with Crippen molar-refractivity contribution in [2.75, 3.05) is 19.7 Å². The lowest BCUT2D eigenvalue weighted by atomic mass is 10.1. The highest BCUT2D eigenvalue weighted by molar-refractivity contribution is 6.30. The van der Waals surface area contributed by atoms with E-state index in [9.17, 15) is 9.18 Å². The van der Waals surface area contributed by atoms with E-state index >= 15 is 0 Å². The first-order chi connectivity index (χ1) is 9.60.